The van der Waals surface area contributed by atoms with Gasteiger partial charge in [-0.25, -0.2) is 4.98 Å². The predicted octanol–water partition coefficient (Wildman–Crippen LogP) is 3.57. The normalized spacial score (nSPS) is 9.62. The van der Waals surface area contributed by atoms with Crippen molar-refractivity contribution in [3.63, 3.8) is 0 Å². The van der Waals surface area contributed by atoms with Crippen molar-refractivity contribution in [1.29, 1.82) is 0 Å². The highest BCUT2D eigenvalue weighted by Crippen LogP contribution is 2.19. The molecule has 1 amide bonds. The minimum Gasteiger partial charge on any atom is -0.323 e. The summed E-state index contributed by atoms with van der Waals surface area (Å²) in [6, 6.07) is 17.0. The van der Waals surface area contributed by atoms with Crippen LogP contribution in [0.4, 0.5) is 5.95 Å². The maximum atomic E-state index is 12.2. The van der Waals surface area contributed by atoms with Crippen molar-refractivity contribution >= 4 is 35.3 Å². The third-order valence-electron chi connectivity index (χ3n) is 3.23. The standard InChI is InChI=1S/C16H15N3O.C2H7N.ClH/c1-2-19-14-11-7-6-10-13(14)17-16(19)18-15(20)12-8-4-3-5-9-12;1-3-2;/h3-11H,2H2,1H3,(H,17,18,20);3H,1-2H3;1H. The zero-order valence-electron chi connectivity index (χ0n) is 14.1. The molecule has 2 aromatic carbocycles. The lowest BCUT2D eigenvalue weighted by Gasteiger charge is -2.07. The van der Waals surface area contributed by atoms with Gasteiger partial charge in [0.25, 0.3) is 5.91 Å². The molecule has 2 N–H and O–H groups in total. The summed E-state index contributed by atoms with van der Waals surface area (Å²) in [5, 5.41) is 5.63. The zero-order chi connectivity index (χ0) is 16.7. The van der Waals surface area contributed by atoms with E-state index in [0.29, 0.717) is 11.5 Å². The van der Waals surface area contributed by atoms with Gasteiger partial charge in [-0.05, 0) is 45.3 Å². The molecule has 0 saturated heterocycles. The summed E-state index contributed by atoms with van der Waals surface area (Å²) in [7, 11) is 3.75. The molecule has 3 rings (SSSR count). The lowest BCUT2D eigenvalue weighted by atomic mass is 10.2. The molecule has 5 nitrogen and oxygen atoms in total. The fourth-order valence-corrected chi connectivity index (χ4v) is 2.25. The van der Waals surface area contributed by atoms with E-state index in [0.717, 1.165) is 17.6 Å². The van der Waals surface area contributed by atoms with Crippen LogP contribution in [0.1, 0.15) is 17.3 Å². The van der Waals surface area contributed by atoms with E-state index < -0.39 is 0 Å². The van der Waals surface area contributed by atoms with Crippen molar-refractivity contribution in [3.8, 4) is 0 Å². The van der Waals surface area contributed by atoms with E-state index in [-0.39, 0.29) is 18.3 Å². The molecule has 0 atom stereocenters. The molecule has 0 aliphatic rings. The first-order valence-electron chi connectivity index (χ1n) is 7.61. The van der Waals surface area contributed by atoms with Gasteiger partial charge in [-0.3, -0.25) is 10.1 Å². The van der Waals surface area contributed by atoms with Gasteiger partial charge in [0.2, 0.25) is 5.95 Å². The molecule has 0 aliphatic heterocycles. The van der Waals surface area contributed by atoms with Crippen LogP contribution in [0.5, 0.6) is 0 Å². The van der Waals surface area contributed by atoms with Gasteiger partial charge >= 0.3 is 0 Å². The molecule has 0 aliphatic carbocycles. The maximum Gasteiger partial charge on any atom is 0.257 e. The van der Waals surface area contributed by atoms with Gasteiger partial charge < -0.3 is 9.88 Å². The van der Waals surface area contributed by atoms with E-state index in [1.54, 1.807) is 12.1 Å². The number of nitrogens with zero attached hydrogens (tertiary/aromatic N) is 2. The Morgan fingerprint density at radius 1 is 1.04 bits per heavy atom. The molecular weight excluding hydrogens is 324 g/mol. The van der Waals surface area contributed by atoms with Crippen LogP contribution in [0.15, 0.2) is 54.6 Å². The second kappa shape index (κ2) is 9.70. The van der Waals surface area contributed by atoms with Gasteiger partial charge in [-0.1, -0.05) is 30.3 Å². The van der Waals surface area contributed by atoms with Gasteiger partial charge in [0.05, 0.1) is 11.0 Å². The first-order valence-corrected chi connectivity index (χ1v) is 7.61. The van der Waals surface area contributed by atoms with Crippen molar-refractivity contribution in [2.45, 2.75) is 13.5 Å². The SMILES string of the molecule is CCn1c(NC(=O)c2ccccc2)nc2ccccc21.CNC.Cl. The minimum atomic E-state index is -0.143. The number of carbonyl (C=O) groups excluding carboxylic acids is 1. The Balaban J connectivity index is 0.000000671. The highest BCUT2D eigenvalue weighted by Gasteiger charge is 2.12. The summed E-state index contributed by atoms with van der Waals surface area (Å²) < 4.78 is 2.00. The van der Waals surface area contributed by atoms with Crippen LogP contribution in [-0.4, -0.2) is 29.6 Å². The van der Waals surface area contributed by atoms with E-state index in [1.165, 1.54) is 0 Å². The van der Waals surface area contributed by atoms with Crippen molar-refractivity contribution in [2.24, 2.45) is 0 Å². The third-order valence-corrected chi connectivity index (χ3v) is 3.23. The van der Waals surface area contributed by atoms with Crippen LogP contribution < -0.4 is 10.6 Å². The van der Waals surface area contributed by atoms with Gasteiger partial charge in [-0.2, -0.15) is 0 Å². The minimum absolute atomic E-state index is 0. The Hall–Kier alpha value is -2.37. The Labute approximate surface area is 148 Å². The van der Waals surface area contributed by atoms with E-state index in [2.05, 4.69) is 15.6 Å². The number of rotatable bonds is 3. The summed E-state index contributed by atoms with van der Waals surface area (Å²) in [5.41, 5.74) is 2.54. The molecule has 128 valence electrons. The molecule has 3 aromatic rings. The molecule has 0 spiro atoms. The number of aryl methyl sites for hydroxylation is 1. The molecule has 1 heterocycles. The average molecular weight is 347 g/mol. The zero-order valence-corrected chi connectivity index (χ0v) is 14.9. The number of halogens is 1. The predicted molar refractivity (Wildman–Crippen MR) is 102 cm³/mol. The summed E-state index contributed by atoms with van der Waals surface area (Å²) >= 11 is 0. The van der Waals surface area contributed by atoms with Gasteiger partial charge in [-0.15, -0.1) is 12.4 Å². The molecule has 0 fully saturated rings. The number of para-hydroxylation sites is 2. The van der Waals surface area contributed by atoms with Crippen molar-refractivity contribution in [3.05, 3.63) is 60.2 Å². The molecule has 0 saturated carbocycles. The quantitative estimate of drug-likeness (QED) is 0.762. The number of fused-ring (bicyclic) bond motifs is 1. The highest BCUT2D eigenvalue weighted by atomic mass is 35.5. The number of nitrogens with one attached hydrogen (secondary N) is 2. The van der Waals surface area contributed by atoms with Gasteiger partial charge in [0, 0.05) is 12.1 Å². The summed E-state index contributed by atoms with van der Waals surface area (Å²) in [5.74, 6) is 0.443. The topological polar surface area (TPSA) is 59.0 Å². The van der Waals surface area contributed by atoms with E-state index in [9.17, 15) is 4.79 Å². The Morgan fingerprint density at radius 3 is 2.25 bits per heavy atom. The monoisotopic (exact) mass is 346 g/mol. The summed E-state index contributed by atoms with van der Waals surface area (Å²) in [6.45, 7) is 2.79. The first-order chi connectivity index (χ1) is 11.2. The maximum absolute atomic E-state index is 12.2. The molecule has 24 heavy (non-hydrogen) atoms. The van der Waals surface area contributed by atoms with Crippen LogP contribution in [0.2, 0.25) is 0 Å². The summed E-state index contributed by atoms with van der Waals surface area (Å²) in [4.78, 5) is 16.7. The molecule has 0 radical (unpaired) electrons. The average Bonchev–Trinajstić information content (AvgIpc) is 2.93. The number of hydrogen-bond donors (Lipinski definition) is 2. The largest absolute Gasteiger partial charge is 0.323 e. The van der Waals surface area contributed by atoms with Crippen LogP contribution in [0, 0.1) is 0 Å². The van der Waals surface area contributed by atoms with E-state index >= 15 is 0 Å². The van der Waals surface area contributed by atoms with Crippen LogP contribution in [-0.2, 0) is 6.54 Å². The molecule has 0 bridgehead atoms. The Kier molecular flexibility index (Phi) is 7.95. The number of imidazole rings is 1. The Bertz CT molecular complexity index is 771. The van der Waals surface area contributed by atoms with Crippen LogP contribution in [0.3, 0.4) is 0 Å². The lowest BCUT2D eigenvalue weighted by molar-refractivity contribution is 0.102. The second-order valence-electron chi connectivity index (χ2n) is 4.99. The van der Waals surface area contributed by atoms with Gasteiger partial charge in [0.15, 0.2) is 0 Å². The van der Waals surface area contributed by atoms with Crippen molar-refractivity contribution in [1.82, 2.24) is 14.9 Å². The first kappa shape index (κ1) is 19.7. The van der Waals surface area contributed by atoms with E-state index in [4.69, 9.17) is 0 Å². The fraction of sp³-hybridized carbons (Fsp3) is 0.222. The molecule has 0 unspecified atom stereocenters. The van der Waals surface area contributed by atoms with Crippen LogP contribution in [0.25, 0.3) is 11.0 Å². The van der Waals surface area contributed by atoms with Crippen molar-refractivity contribution < 1.29 is 4.79 Å². The number of hydrogen-bond acceptors (Lipinski definition) is 3. The number of aromatic nitrogens is 2. The number of benzene rings is 2. The second-order valence-corrected chi connectivity index (χ2v) is 4.99. The molecule has 6 heteroatoms. The number of carbonyl (C=O) groups is 1. The Morgan fingerprint density at radius 2 is 1.62 bits per heavy atom. The molecule has 1 aromatic heterocycles. The summed E-state index contributed by atoms with van der Waals surface area (Å²) in [6.07, 6.45) is 0. The smallest absolute Gasteiger partial charge is 0.257 e. The number of anilines is 1. The van der Waals surface area contributed by atoms with Crippen molar-refractivity contribution in [2.75, 3.05) is 19.4 Å². The van der Waals surface area contributed by atoms with Crippen LogP contribution >= 0.6 is 12.4 Å². The highest BCUT2D eigenvalue weighted by molar-refractivity contribution is 6.04. The fourth-order valence-electron chi connectivity index (χ4n) is 2.25. The van der Waals surface area contributed by atoms with Gasteiger partial charge in [0.1, 0.15) is 0 Å². The third kappa shape index (κ3) is 4.57. The number of amides is 1. The van der Waals surface area contributed by atoms with E-state index in [1.807, 2.05) is 68.1 Å². The lowest BCUT2D eigenvalue weighted by Crippen LogP contribution is -2.15. The molecular formula is C18H23ClN4O.